The largest absolute Gasteiger partial charge is 0.308 e. The van der Waals surface area contributed by atoms with Crippen LogP contribution < -0.4 is 9.62 Å². The summed E-state index contributed by atoms with van der Waals surface area (Å²) in [6.07, 6.45) is 0. The van der Waals surface area contributed by atoms with Gasteiger partial charge in [-0.2, -0.15) is 5.26 Å². The van der Waals surface area contributed by atoms with Crippen molar-refractivity contribution in [1.29, 1.82) is 5.26 Å². The highest BCUT2D eigenvalue weighted by atomic mass is 32.2. The summed E-state index contributed by atoms with van der Waals surface area (Å²) in [5.41, 5.74) is 2.15. The molecular formula is C20H15N3O3S. The number of anilines is 2. The molecule has 6 nitrogen and oxygen atoms in total. The Labute approximate surface area is 156 Å². The second-order valence-electron chi connectivity index (χ2n) is 6.15. The third-order valence-corrected chi connectivity index (χ3v) is 6.02. The van der Waals surface area contributed by atoms with E-state index in [9.17, 15) is 13.2 Å². The Morgan fingerprint density at radius 2 is 1.81 bits per heavy atom. The summed E-state index contributed by atoms with van der Waals surface area (Å²) in [6, 6.07) is 16.4. The zero-order valence-electron chi connectivity index (χ0n) is 14.4. The lowest BCUT2D eigenvalue weighted by Gasteiger charge is -2.16. The second kappa shape index (κ2) is 6.11. The minimum Gasteiger partial charge on any atom is -0.308 e. The third-order valence-electron chi connectivity index (χ3n) is 4.64. The van der Waals surface area contributed by atoms with Crippen LogP contribution in [0.15, 0.2) is 59.5 Å². The third kappa shape index (κ3) is 2.62. The second-order valence-corrected chi connectivity index (χ2v) is 7.83. The van der Waals surface area contributed by atoms with Crippen molar-refractivity contribution in [3.8, 4) is 6.07 Å². The first kappa shape index (κ1) is 17.1. The predicted molar refractivity (Wildman–Crippen MR) is 103 cm³/mol. The van der Waals surface area contributed by atoms with E-state index in [4.69, 9.17) is 5.26 Å². The van der Waals surface area contributed by atoms with Crippen molar-refractivity contribution in [3.05, 3.63) is 65.7 Å². The van der Waals surface area contributed by atoms with Gasteiger partial charge in [0, 0.05) is 22.9 Å². The van der Waals surface area contributed by atoms with Crippen LogP contribution in [0.3, 0.4) is 0 Å². The standard InChI is InChI=1S/C20H15N3O3S/c1-2-23-18-11-10-17(15-4-3-5-16(19(15)18)20(23)24)22-27(25,26)14-8-6-13(12-21)7-9-14/h3-11,22H,2H2,1H3. The lowest BCUT2D eigenvalue weighted by atomic mass is 10.0. The number of nitrogens with one attached hydrogen (secondary N) is 1. The Morgan fingerprint density at radius 1 is 1.07 bits per heavy atom. The molecule has 1 amide bonds. The monoisotopic (exact) mass is 377 g/mol. The van der Waals surface area contributed by atoms with Crippen molar-refractivity contribution in [2.24, 2.45) is 0 Å². The molecule has 27 heavy (non-hydrogen) atoms. The molecule has 0 aliphatic carbocycles. The van der Waals surface area contributed by atoms with Crippen molar-refractivity contribution in [2.75, 3.05) is 16.2 Å². The van der Waals surface area contributed by atoms with Crippen molar-refractivity contribution in [1.82, 2.24) is 0 Å². The Kier molecular flexibility index (Phi) is 3.86. The normalized spacial score (nSPS) is 13.0. The Morgan fingerprint density at radius 3 is 2.48 bits per heavy atom. The molecule has 0 saturated carbocycles. The average molecular weight is 377 g/mol. The molecule has 1 heterocycles. The number of sulfonamides is 1. The van der Waals surface area contributed by atoms with Gasteiger partial charge in [-0.3, -0.25) is 9.52 Å². The topological polar surface area (TPSA) is 90.3 Å². The van der Waals surface area contributed by atoms with Gasteiger partial charge >= 0.3 is 0 Å². The summed E-state index contributed by atoms with van der Waals surface area (Å²) < 4.78 is 28.1. The molecule has 0 spiro atoms. The zero-order valence-corrected chi connectivity index (χ0v) is 15.2. The number of nitrogens with zero attached hydrogens (tertiary/aromatic N) is 2. The van der Waals surface area contributed by atoms with E-state index < -0.39 is 10.0 Å². The van der Waals surface area contributed by atoms with Gasteiger partial charge < -0.3 is 4.90 Å². The number of benzene rings is 3. The predicted octanol–water partition coefficient (Wildman–Crippen LogP) is 3.49. The van der Waals surface area contributed by atoms with Crippen LogP contribution in [0, 0.1) is 11.3 Å². The molecule has 0 fully saturated rings. The van der Waals surface area contributed by atoms with E-state index in [1.54, 1.807) is 35.2 Å². The smallest absolute Gasteiger partial charge is 0.261 e. The summed E-state index contributed by atoms with van der Waals surface area (Å²) in [7, 11) is -3.83. The van der Waals surface area contributed by atoms with E-state index in [1.807, 2.05) is 13.0 Å². The van der Waals surface area contributed by atoms with Gasteiger partial charge in [0.2, 0.25) is 0 Å². The van der Waals surface area contributed by atoms with Gasteiger partial charge in [-0.05, 0) is 49.4 Å². The lowest BCUT2D eigenvalue weighted by molar-refractivity contribution is 0.0994. The van der Waals surface area contributed by atoms with Crippen LogP contribution in [0.25, 0.3) is 10.8 Å². The maximum Gasteiger partial charge on any atom is 0.261 e. The summed E-state index contributed by atoms with van der Waals surface area (Å²) >= 11 is 0. The van der Waals surface area contributed by atoms with Gasteiger partial charge in [-0.15, -0.1) is 0 Å². The molecule has 0 atom stereocenters. The number of hydrogen-bond donors (Lipinski definition) is 1. The Hall–Kier alpha value is -3.37. The number of rotatable bonds is 4. The van der Waals surface area contributed by atoms with Crippen LogP contribution in [-0.4, -0.2) is 20.9 Å². The molecule has 0 bridgehead atoms. The fourth-order valence-electron chi connectivity index (χ4n) is 3.36. The van der Waals surface area contributed by atoms with E-state index in [1.165, 1.54) is 24.3 Å². The highest BCUT2D eigenvalue weighted by Crippen LogP contribution is 2.40. The van der Waals surface area contributed by atoms with Gasteiger partial charge in [0.05, 0.1) is 27.9 Å². The molecule has 0 unspecified atom stereocenters. The van der Waals surface area contributed by atoms with Crippen LogP contribution >= 0.6 is 0 Å². The summed E-state index contributed by atoms with van der Waals surface area (Å²) in [5, 5.41) is 10.3. The van der Waals surface area contributed by atoms with Crippen LogP contribution in [0.2, 0.25) is 0 Å². The lowest BCUT2D eigenvalue weighted by Crippen LogP contribution is -2.25. The molecule has 1 N–H and O–H groups in total. The zero-order chi connectivity index (χ0) is 19.2. The quantitative estimate of drug-likeness (QED) is 0.753. The van der Waals surface area contributed by atoms with E-state index in [0.717, 1.165) is 11.1 Å². The molecule has 134 valence electrons. The number of amides is 1. The molecule has 0 aromatic heterocycles. The van der Waals surface area contributed by atoms with E-state index in [-0.39, 0.29) is 10.8 Å². The van der Waals surface area contributed by atoms with E-state index >= 15 is 0 Å². The highest BCUT2D eigenvalue weighted by molar-refractivity contribution is 7.92. The molecule has 4 rings (SSSR count). The number of carbonyl (C=O) groups excluding carboxylic acids is 1. The number of carbonyl (C=O) groups is 1. The first-order valence-electron chi connectivity index (χ1n) is 8.37. The molecule has 0 saturated heterocycles. The van der Waals surface area contributed by atoms with E-state index in [2.05, 4.69) is 4.72 Å². The molecule has 3 aromatic carbocycles. The van der Waals surface area contributed by atoms with Crippen LogP contribution in [0.5, 0.6) is 0 Å². The van der Waals surface area contributed by atoms with Gasteiger partial charge in [0.25, 0.3) is 15.9 Å². The van der Waals surface area contributed by atoms with Gasteiger partial charge in [-0.25, -0.2) is 8.42 Å². The highest BCUT2D eigenvalue weighted by Gasteiger charge is 2.29. The van der Waals surface area contributed by atoms with Crippen LogP contribution in [0.4, 0.5) is 11.4 Å². The van der Waals surface area contributed by atoms with Crippen LogP contribution in [-0.2, 0) is 10.0 Å². The van der Waals surface area contributed by atoms with E-state index in [0.29, 0.717) is 28.7 Å². The summed E-state index contributed by atoms with van der Waals surface area (Å²) in [5.74, 6) is -0.0785. The minimum atomic E-state index is -3.83. The van der Waals surface area contributed by atoms with Gasteiger partial charge in [0.15, 0.2) is 0 Å². The molecule has 1 aliphatic heterocycles. The SMILES string of the molecule is CCN1C(=O)c2cccc3c(NS(=O)(=O)c4ccc(C#N)cc4)ccc1c23. The first-order chi connectivity index (χ1) is 13.0. The Balaban J connectivity index is 1.81. The maximum atomic E-state index is 12.7. The van der Waals surface area contributed by atoms with Crippen molar-refractivity contribution in [2.45, 2.75) is 11.8 Å². The fraction of sp³-hybridized carbons (Fsp3) is 0.100. The van der Waals surface area contributed by atoms with Crippen LogP contribution in [0.1, 0.15) is 22.8 Å². The first-order valence-corrected chi connectivity index (χ1v) is 9.85. The minimum absolute atomic E-state index is 0.0658. The molecule has 3 aromatic rings. The van der Waals surface area contributed by atoms with Gasteiger partial charge in [-0.1, -0.05) is 12.1 Å². The molecular weight excluding hydrogens is 362 g/mol. The van der Waals surface area contributed by atoms with Crippen molar-refractivity contribution in [3.63, 3.8) is 0 Å². The van der Waals surface area contributed by atoms with Crippen molar-refractivity contribution < 1.29 is 13.2 Å². The Bertz CT molecular complexity index is 1230. The fourth-order valence-corrected chi connectivity index (χ4v) is 4.44. The molecule has 1 aliphatic rings. The van der Waals surface area contributed by atoms with Crippen molar-refractivity contribution >= 4 is 38.1 Å². The number of nitriles is 1. The number of hydrogen-bond acceptors (Lipinski definition) is 4. The van der Waals surface area contributed by atoms with Gasteiger partial charge in [0.1, 0.15) is 0 Å². The summed E-state index contributed by atoms with van der Waals surface area (Å²) in [6.45, 7) is 2.44. The molecule has 7 heteroatoms. The maximum absolute atomic E-state index is 12.7. The molecule has 0 radical (unpaired) electrons. The summed E-state index contributed by atoms with van der Waals surface area (Å²) in [4.78, 5) is 14.3. The average Bonchev–Trinajstić information content (AvgIpc) is 2.96.